The lowest BCUT2D eigenvalue weighted by Crippen LogP contribution is -2.36. The number of hydrogen-bond acceptors (Lipinski definition) is 8. The van der Waals surface area contributed by atoms with Crippen molar-refractivity contribution >= 4 is 11.6 Å². The molecule has 2 aromatic heterocycles. The number of ether oxygens (including phenoxy) is 2. The zero-order valence-corrected chi connectivity index (χ0v) is 34.1. The van der Waals surface area contributed by atoms with Gasteiger partial charge in [-0.3, -0.25) is 4.98 Å². The molecule has 14 heteroatoms. The smallest absolute Gasteiger partial charge is 0.416 e. The number of piperidine rings is 1. The Bertz CT molecular complexity index is 2060. The SMILES string of the molecule is COc1ccc(CO[C@H]2CC(C)(C)Cc3nc(C4CCN(c5ncc(N(C)CCO)cn5)CC4)c(Cc4ccc(C(F)(F)F)cc4F)c(C4CCC(F)(F)CC4)c32)cc1. The van der Waals surface area contributed by atoms with E-state index in [1.165, 1.54) is 6.07 Å². The standard InChI is InChI=1S/C45H53F6N5O3/c1-43(2)23-37-40(38(24-43)59-27-28-5-9-34(58-4)10-6-28)39(29-11-15-44(47,48)16-12-29)35(21-31-7-8-32(22-36(31)46)45(49,50)51)41(54-37)30-13-17-56(18-14-30)42-52-25-33(26-53-42)55(3)19-20-57/h5-10,22,25-26,29-30,38,57H,11-21,23-24,27H2,1-4H3/t38-/m0/s1. The lowest BCUT2D eigenvalue weighted by atomic mass is 9.68. The fourth-order valence-corrected chi connectivity index (χ4v) is 9.10. The number of aromatic nitrogens is 3. The third-order valence-corrected chi connectivity index (χ3v) is 12.3. The number of halogens is 6. The highest BCUT2D eigenvalue weighted by atomic mass is 19.4. The molecule has 1 saturated heterocycles. The molecule has 318 valence electrons. The Kier molecular flexibility index (Phi) is 12.5. The summed E-state index contributed by atoms with van der Waals surface area (Å²) in [5, 5.41) is 9.33. The van der Waals surface area contributed by atoms with E-state index in [1.54, 1.807) is 19.5 Å². The van der Waals surface area contributed by atoms with E-state index in [-0.39, 0.29) is 68.1 Å². The van der Waals surface area contributed by atoms with Crippen molar-refractivity contribution in [1.29, 1.82) is 0 Å². The zero-order chi connectivity index (χ0) is 42.1. The Labute approximate surface area is 342 Å². The largest absolute Gasteiger partial charge is 0.497 e. The summed E-state index contributed by atoms with van der Waals surface area (Å²) in [7, 11) is 3.45. The highest BCUT2D eigenvalue weighted by Crippen LogP contribution is 2.52. The monoisotopic (exact) mass is 825 g/mol. The number of aliphatic hydroxyl groups is 1. The van der Waals surface area contributed by atoms with Crippen LogP contribution >= 0.6 is 0 Å². The molecule has 4 aromatic rings. The van der Waals surface area contributed by atoms with Crippen LogP contribution in [0.25, 0.3) is 0 Å². The molecule has 8 nitrogen and oxygen atoms in total. The maximum atomic E-state index is 15.9. The average Bonchev–Trinajstić information content (AvgIpc) is 3.20. The normalized spacial score (nSPS) is 19.7. The predicted molar refractivity (Wildman–Crippen MR) is 214 cm³/mol. The second-order valence-electron chi connectivity index (χ2n) is 17.2. The fraction of sp³-hybridized carbons (Fsp3) is 0.533. The maximum Gasteiger partial charge on any atom is 0.416 e. The van der Waals surface area contributed by atoms with E-state index in [0.717, 1.165) is 39.8 Å². The molecule has 3 aliphatic rings. The van der Waals surface area contributed by atoms with E-state index in [1.807, 2.05) is 36.2 Å². The third kappa shape index (κ3) is 9.80. The molecule has 0 bridgehead atoms. The van der Waals surface area contributed by atoms with E-state index in [2.05, 4.69) is 28.7 Å². The van der Waals surface area contributed by atoms with Gasteiger partial charge in [0.2, 0.25) is 11.9 Å². The molecule has 2 aromatic carbocycles. The van der Waals surface area contributed by atoms with Crippen LogP contribution in [0.1, 0.15) is 122 Å². The van der Waals surface area contributed by atoms with Gasteiger partial charge < -0.3 is 24.4 Å². The van der Waals surface area contributed by atoms with Gasteiger partial charge in [0.05, 0.1) is 50.1 Å². The topological polar surface area (TPSA) is 83.8 Å². The van der Waals surface area contributed by atoms with E-state index in [0.29, 0.717) is 68.6 Å². The second kappa shape index (κ2) is 17.3. The van der Waals surface area contributed by atoms with E-state index in [9.17, 15) is 27.1 Å². The van der Waals surface area contributed by atoms with Gasteiger partial charge >= 0.3 is 6.18 Å². The Morgan fingerprint density at radius 1 is 0.932 bits per heavy atom. The Hall–Kier alpha value is -4.43. The summed E-state index contributed by atoms with van der Waals surface area (Å²) in [6.07, 6.45) is 0.597. The first-order valence-electron chi connectivity index (χ1n) is 20.5. The first kappa shape index (κ1) is 42.7. The number of hydrogen-bond donors (Lipinski definition) is 1. The lowest BCUT2D eigenvalue weighted by molar-refractivity contribution is -0.137. The van der Waals surface area contributed by atoms with Gasteiger partial charge in [0, 0.05) is 68.8 Å². The second-order valence-corrected chi connectivity index (χ2v) is 17.2. The van der Waals surface area contributed by atoms with Crippen LogP contribution in [0.4, 0.5) is 38.0 Å². The van der Waals surface area contributed by atoms with Crippen LogP contribution in [-0.4, -0.2) is 66.4 Å². The molecule has 0 unspecified atom stereocenters. The van der Waals surface area contributed by atoms with Crippen LogP contribution in [0.15, 0.2) is 54.9 Å². The number of anilines is 2. The summed E-state index contributed by atoms with van der Waals surface area (Å²) in [6.45, 7) is 6.23. The maximum absolute atomic E-state index is 15.9. The van der Waals surface area contributed by atoms with Crippen molar-refractivity contribution in [1.82, 2.24) is 15.0 Å². The number of fused-ring (bicyclic) bond motifs is 1. The molecule has 0 radical (unpaired) electrons. The molecule has 59 heavy (non-hydrogen) atoms. The number of rotatable bonds is 12. The quantitative estimate of drug-likeness (QED) is 0.142. The van der Waals surface area contributed by atoms with E-state index in [4.69, 9.17) is 14.5 Å². The van der Waals surface area contributed by atoms with Gasteiger partial charge in [-0.1, -0.05) is 32.0 Å². The number of pyridine rings is 1. The van der Waals surface area contributed by atoms with Crippen LogP contribution in [-0.2, 0) is 30.4 Å². The van der Waals surface area contributed by atoms with Crippen LogP contribution in [0, 0.1) is 11.2 Å². The van der Waals surface area contributed by atoms with Crippen LogP contribution < -0.4 is 14.5 Å². The first-order valence-corrected chi connectivity index (χ1v) is 20.5. The Balaban J connectivity index is 1.31. The minimum absolute atomic E-state index is 0.000195. The van der Waals surface area contributed by atoms with Gasteiger partial charge in [0.25, 0.3) is 0 Å². The molecule has 0 spiro atoms. The molecule has 7 rings (SSSR count). The number of methoxy groups -OCH3 is 1. The zero-order valence-electron chi connectivity index (χ0n) is 34.1. The van der Waals surface area contributed by atoms with Gasteiger partial charge in [-0.25, -0.2) is 23.1 Å². The predicted octanol–water partition coefficient (Wildman–Crippen LogP) is 9.96. The summed E-state index contributed by atoms with van der Waals surface area (Å²) in [4.78, 5) is 18.6. The highest BCUT2D eigenvalue weighted by molar-refractivity contribution is 5.51. The molecular formula is C45H53F6N5O3. The van der Waals surface area contributed by atoms with Crippen molar-refractivity contribution in [3.8, 4) is 5.75 Å². The number of nitrogens with zero attached hydrogens (tertiary/aromatic N) is 5. The molecule has 1 saturated carbocycles. The van der Waals surface area contributed by atoms with Gasteiger partial charge in [-0.15, -0.1) is 0 Å². The van der Waals surface area contributed by atoms with Crippen molar-refractivity contribution in [2.75, 3.05) is 50.2 Å². The Morgan fingerprint density at radius 3 is 2.22 bits per heavy atom. The lowest BCUT2D eigenvalue weighted by Gasteiger charge is -2.42. The number of benzene rings is 2. The van der Waals surface area contributed by atoms with Crippen LogP contribution in [0.3, 0.4) is 0 Å². The molecule has 1 aliphatic heterocycles. The van der Waals surface area contributed by atoms with Crippen molar-refractivity contribution in [3.05, 3.63) is 105 Å². The summed E-state index contributed by atoms with van der Waals surface area (Å²) in [6, 6.07) is 10.2. The van der Waals surface area contributed by atoms with Crippen molar-refractivity contribution < 1.29 is 40.9 Å². The average molecular weight is 826 g/mol. The molecular weight excluding hydrogens is 773 g/mol. The minimum Gasteiger partial charge on any atom is -0.497 e. The fourth-order valence-electron chi connectivity index (χ4n) is 9.10. The van der Waals surface area contributed by atoms with Gasteiger partial charge in [0.15, 0.2) is 0 Å². The summed E-state index contributed by atoms with van der Waals surface area (Å²) >= 11 is 0. The van der Waals surface area contributed by atoms with E-state index < -0.39 is 29.6 Å². The Morgan fingerprint density at radius 2 is 1.61 bits per heavy atom. The summed E-state index contributed by atoms with van der Waals surface area (Å²) in [5.74, 6) is -2.91. The van der Waals surface area contributed by atoms with E-state index >= 15 is 4.39 Å². The number of aliphatic hydroxyl groups excluding tert-OH is 1. The molecule has 1 atom stereocenters. The summed E-state index contributed by atoms with van der Waals surface area (Å²) in [5.41, 5.74) is 4.50. The van der Waals surface area contributed by atoms with Gasteiger partial charge in [-0.05, 0) is 96.4 Å². The third-order valence-electron chi connectivity index (χ3n) is 12.3. The first-order chi connectivity index (χ1) is 28.0. The molecule has 1 N–H and O–H groups in total. The summed E-state index contributed by atoms with van der Waals surface area (Å²) < 4.78 is 98.7. The van der Waals surface area contributed by atoms with Gasteiger partial charge in [-0.2, -0.15) is 13.2 Å². The molecule has 2 aliphatic carbocycles. The molecule has 2 fully saturated rings. The molecule has 0 amide bonds. The van der Waals surface area contributed by atoms with Gasteiger partial charge in [0.1, 0.15) is 11.6 Å². The van der Waals surface area contributed by atoms with Crippen LogP contribution in [0.5, 0.6) is 5.75 Å². The van der Waals surface area contributed by atoms with Crippen molar-refractivity contribution in [3.63, 3.8) is 0 Å². The van der Waals surface area contributed by atoms with Crippen molar-refractivity contribution in [2.24, 2.45) is 5.41 Å². The number of likely N-dealkylation sites (N-methyl/N-ethyl adjacent to an activating group) is 1. The molecule has 3 heterocycles. The highest BCUT2D eigenvalue weighted by Gasteiger charge is 2.43. The van der Waals surface area contributed by atoms with Crippen LogP contribution in [0.2, 0.25) is 0 Å². The number of alkyl halides is 5. The van der Waals surface area contributed by atoms with Crippen molar-refractivity contribution in [2.45, 2.75) is 108 Å². The minimum atomic E-state index is -4.72.